The van der Waals surface area contributed by atoms with Gasteiger partial charge in [-0.2, -0.15) is 4.98 Å². The normalized spacial score (nSPS) is 24.1. The highest BCUT2D eigenvalue weighted by Gasteiger charge is 2.41. The number of ether oxygens (including phenoxy) is 1. The maximum atomic E-state index is 13.0. The summed E-state index contributed by atoms with van der Waals surface area (Å²) in [7, 11) is -4.84. The Bertz CT molecular complexity index is 2140. The van der Waals surface area contributed by atoms with Gasteiger partial charge in [-0.25, -0.2) is 9.55 Å². The number of rotatable bonds is 6. The van der Waals surface area contributed by atoms with Crippen LogP contribution in [0.2, 0.25) is 0 Å². The molecular weight excluding hydrogens is 565 g/mol. The zero-order valence-corrected chi connectivity index (χ0v) is 22.6. The average Bonchev–Trinajstić information content (AvgIpc) is 3.63. The SMILES string of the molecule is O=c1[nH]c(N[C@@H]2c3ccc4ccc5cccc6cc(c3c4c56)[C@@H]2O)nc2c1ncn2[C@H]1C[C@H](OP(=O)(O)O)[C@@H](CO)O1. The molecule has 1 saturated heterocycles. The molecule has 5 atom stereocenters. The van der Waals surface area contributed by atoms with E-state index in [1.807, 2.05) is 30.3 Å². The number of aromatic nitrogens is 4. The molecule has 0 amide bonds. The Balaban J connectivity index is 1.18. The Kier molecular flexibility index (Phi) is 5.53. The van der Waals surface area contributed by atoms with Crippen molar-refractivity contribution >= 4 is 57.3 Å². The highest BCUT2D eigenvalue weighted by Crippen LogP contribution is 2.50. The van der Waals surface area contributed by atoms with E-state index >= 15 is 0 Å². The summed E-state index contributed by atoms with van der Waals surface area (Å²) in [4.78, 5) is 43.0. The van der Waals surface area contributed by atoms with E-state index in [4.69, 9.17) is 9.26 Å². The van der Waals surface area contributed by atoms with Crippen LogP contribution in [0.15, 0.2) is 59.7 Å². The Labute approximate surface area is 235 Å². The highest BCUT2D eigenvalue weighted by molar-refractivity contribution is 7.46. The third-order valence-electron chi connectivity index (χ3n) is 8.33. The fourth-order valence-electron chi connectivity index (χ4n) is 6.58. The Hall–Kier alpha value is -3.94. The van der Waals surface area contributed by atoms with Crippen molar-refractivity contribution in [1.29, 1.82) is 0 Å². The maximum Gasteiger partial charge on any atom is 0.469 e. The number of fused-ring (bicyclic) bond motifs is 1. The van der Waals surface area contributed by atoms with Crippen molar-refractivity contribution in [3.8, 4) is 0 Å². The Morgan fingerprint density at radius 1 is 1.07 bits per heavy atom. The summed E-state index contributed by atoms with van der Waals surface area (Å²) in [5, 5.41) is 30.9. The van der Waals surface area contributed by atoms with Crippen LogP contribution in [0.1, 0.15) is 35.9 Å². The molecule has 0 bridgehead atoms. The third-order valence-corrected chi connectivity index (χ3v) is 8.87. The first-order valence-corrected chi connectivity index (χ1v) is 14.9. The number of aromatic amines is 1. The van der Waals surface area contributed by atoms with Crippen LogP contribution >= 0.6 is 7.82 Å². The van der Waals surface area contributed by atoms with Crippen molar-refractivity contribution in [1.82, 2.24) is 19.5 Å². The van der Waals surface area contributed by atoms with Crippen LogP contribution in [0.4, 0.5) is 5.95 Å². The van der Waals surface area contributed by atoms with Crippen molar-refractivity contribution in [2.45, 2.75) is 37.0 Å². The number of anilines is 1. The Morgan fingerprint density at radius 3 is 2.62 bits per heavy atom. The molecule has 42 heavy (non-hydrogen) atoms. The lowest BCUT2D eigenvalue weighted by Crippen LogP contribution is -2.26. The van der Waals surface area contributed by atoms with Gasteiger partial charge in [0.25, 0.3) is 5.56 Å². The van der Waals surface area contributed by atoms with E-state index < -0.39 is 50.6 Å². The molecule has 3 heterocycles. The topological polar surface area (TPSA) is 192 Å². The fraction of sp³-hybridized carbons (Fsp3) is 0.250. The second-order valence-electron chi connectivity index (χ2n) is 10.7. The smallest absolute Gasteiger partial charge is 0.394 e. The Morgan fingerprint density at radius 2 is 1.83 bits per heavy atom. The molecule has 6 aromatic rings. The minimum atomic E-state index is -4.84. The first kappa shape index (κ1) is 25.7. The first-order chi connectivity index (χ1) is 20.2. The summed E-state index contributed by atoms with van der Waals surface area (Å²) in [5.41, 5.74) is 1.32. The van der Waals surface area contributed by atoms with E-state index in [0.29, 0.717) is 0 Å². The van der Waals surface area contributed by atoms with Gasteiger partial charge in [-0.15, -0.1) is 0 Å². The van der Waals surface area contributed by atoms with Crippen molar-refractivity contribution < 1.29 is 33.8 Å². The lowest BCUT2D eigenvalue weighted by molar-refractivity contribution is -0.0425. The predicted octanol–water partition coefficient (Wildman–Crippen LogP) is 2.97. The molecule has 14 heteroatoms. The van der Waals surface area contributed by atoms with Crippen molar-refractivity contribution in [3.63, 3.8) is 0 Å². The number of phosphoric acid groups is 1. The minimum absolute atomic E-state index is 0.0238. The second kappa shape index (κ2) is 9.03. The standard InChI is InChI=1S/C28H24N5O8P/c34-10-18-17(41-42(37,38)39)9-19(40-18)33-11-29-24-26(33)31-28(32-27(24)36)30-23-15-7-6-13-5-4-12-2-1-3-14-8-16(25(23)35)22(15)21(13)20(12)14/h1-8,11,17-19,23,25,34-35H,9-10H2,(H2,37,38,39)(H2,30,31,32,36)/t17-,18+,19+,23+,25-/m0/s1. The largest absolute Gasteiger partial charge is 0.469 e. The van der Waals surface area contributed by atoms with Gasteiger partial charge in [0, 0.05) is 6.42 Å². The number of imidazole rings is 1. The van der Waals surface area contributed by atoms with E-state index in [0.717, 1.165) is 43.4 Å². The molecule has 1 aliphatic heterocycles. The summed E-state index contributed by atoms with van der Waals surface area (Å²) >= 11 is 0. The molecule has 214 valence electrons. The lowest BCUT2D eigenvalue weighted by atomic mass is 9.91. The summed E-state index contributed by atoms with van der Waals surface area (Å²) < 4.78 is 23.5. The molecule has 0 saturated carbocycles. The van der Waals surface area contributed by atoms with Crippen molar-refractivity contribution in [3.05, 3.63) is 76.3 Å². The summed E-state index contributed by atoms with van der Waals surface area (Å²) in [6.45, 7) is -0.533. The quantitative estimate of drug-likeness (QED) is 0.124. The monoisotopic (exact) mass is 589 g/mol. The molecule has 0 radical (unpaired) electrons. The number of benzene rings is 4. The lowest BCUT2D eigenvalue weighted by Gasteiger charge is -2.19. The molecular formula is C28H24N5O8P. The van der Waals surface area contributed by atoms with Gasteiger partial charge in [-0.1, -0.05) is 42.5 Å². The third kappa shape index (κ3) is 3.80. The number of aliphatic hydroxyl groups excluding tert-OH is 2. The molecule has 2 aliphatic rings. The van der Waals surface area contributed by atoms with Crippen LogP contribution < -0.4 is 10.9 Å². The van der Waals surface area contributed by atoms with E-state index in [2.05, 4.69) is 38.5 Å². The molecule has 1 aliphatic carbocycles. The van der Waals surface area contributed by atoms with Gasteiger partial charge in [-0.3, -0.25) is 18.9 Å². The molecule has 13 nitrogen and oxygen atoms in total. The summed E-state index contributed by atoms with van der Waals surface area (Å²) in [6, 6.07) is 15.7. The van der Waals surface area contributed by atoms with E-state index in [-0.39, 0.29) is 23.5 Å². The van der Waals surface area contributed by atoms with Crippen molar-refractivity contribution in [2.75, 3.05) is 11.9 Å². The zero-order chi connectivity index (χ0) is 28.9. The van der Waals surface area contributed by atoms with Crippen LogP contribution in [0.5, 0.6) is 0 Å². The van der Waals surface area contributed by atoms with E-state index in [1.54, 1.807) is 0 Å². The van der Waals surface area contributed by atoms with E-state index in [9.17, 15) is 29.4 Å². The summed E-state index contributed by atoms with van der Waals surface area (Å²) in [5.74, 6) is 0.0975. The zero-order valence-electron chi connectivity index (χ0n) is 21.7. The van der Waals surface area contributed by atoms with Gasteiger partial charge in [0.2, 0.25) is 5.95 Å². The maximum absolute atomic E-state index is 13.0. The number of hydrogen-bond donors (Lipinski definition) is 6. The molecule has 1 fully saturated rings. The summed E-state index contributed by atoms with van der Waals surface area (Å²) in [6.07, 6.45) is -2.56. The average molecular weight is 590 g/mol. The first-order valence-electron chi connectivity index (χ1n) is 13.3. The van der Waals surface area contributed by atoms with Crippen LogP contribution in [0.25, 0.3) is 43.5 Å². The predicted molar refractivity (Wildman–Crippen MR) is 152 cm³/mol. The molecule has 0 unspecified atom stereocenters. The molecule has 2 aromatic heterocycles. The number of nitrogens with one attached hydrogen (secondary N) is 2. The number of H-pyrrole nitrogens is 1. The minimum Gasteiger partial charge on any atom is -0.394 e. The molecule has 8 rings (SSSR count). The number of hydrogen-bond acceptors (Lipinski definition) is 9. The van der Waals surface area contributed by atoms with Gasteiger partial charge in [0.1, 0.15) is 24.5 Å². The van der Waals surface area contributed by atoms with E-state index in [1.165, 1.54) is 10.9 Å². The number of aliphatic hydroxyl groups is 2. The van der Waals surface area contributed by atoms with Gasteiger partial charge in [0.15, 0.2) is 11.2 Å². The molecule has 6 N–H and O–H groups in total. The van der Waals surface area contributed by atoms with Gasteiger partial charge >= 0.3 is 7.82 Å². The van der Waals surface area contributed by atoms with Gasteiger partial charge < -0.3 is 30.1 Å². The van der Waals surface area contributed by atoms with Crippen molar-refractivity contribution in [2.24, 2.45) is 0 Å². The number of phosphoric ester groups is 1. The number of nitrogens with zero attached hydrogens (tertiary/aromatic N) is 3. The van der Waals surface area contributed by atoms with Crippen LogP contribution in [-0.4, -0.2) is 58.3 Å². The van der Waals surface area contributed by atoms with Gasteiger partial charge in [-0.05, 0) is 49.5 Å². The van der Waals surface area contributed by atoms with Crippen LogP contribution in [-0.2, 0) is 13.8 Å². The fourth-order valence-corrected chi connectivity index (χ4v) is 7.16. The second-order valence-corrected chi connectivity index (χ2v) is 11.9. The molecule has 4 aromatic carbocycles. The van der Waals surface area contributed by atoms with Gasteiger partial charge in [0.05, 0.1) is 19.0 Å². The van der Waals surface area contributed by atoms with Crippen LogP contribution in [0, 0.1) is 0 Å². The highest BCUT2D eigenvalue weighted by atomic mass is 31.2. The molecule has 0 spiro atoms. The van der Waals surface area contributed by atoms with Crippen LogP contribution in [0.3, 0.4) is 0 Å².